The SMILES string of the molecule is CC(C)Oc1ccccc1Nc1ccc(C(=O)NCc2ccc(Cl)cc2)nc1. The van der Waals surface area contributed by atoms with E-state index in [1.54, 1.807) is 24.4 Å². The molecule has 144 valence electrons. The molecule has 0 fully saturated rings. The van der Waals surface area contributed by atoms with E-state index in [0.29, 0.717) is 17.3 Å². The number of anilines is 2. The average Bonchev–Trinajstić information content (AvgIpc) is 2.69. The van der Waals surface area contributed by atoms with Gasteiger partial charge in [0, 0.05) is 11.6 Å². The fourth-order valence-corrected chi connectivity index (χ4v) is 2.69. The van der Waals surface area contributed by atoms with Crippen molar-refractivity contribution < 1.29 is 9.53 Å². The Balaban J connectivity index is 1.62. The van der Waals surface area contributed by atoms with Crippen LogP contribution in [0.1, 0.15) is 29.9 Å². The lowest BCUT2D eigenvalue weighted by Crippen LogP contribution is -2.23. The predicted octanol–water partition coefficient (Wildman–Crippen LogP) is 5.20. The van der Waals surface area contributed by atoms with Crippen LogP contribution in [0, 0.1) is 0 Å². The van der Waals surface area contributed by atoms with Crippen molar-refractivity contribution in [2.45, 2.75) is 26.5 Å². The van der Waals surface area contributed by atoms with Crippen LogP contribution in [0.2, 0.25) is 5.02 Å². The molecule has 1 amide bonds. The van der Waals surface area contributed by atoms with E-state index in [-0.39, 0.29) is 12.0 Å². The third-order valence-electron chi connectivity index (χ3n) is 3.89. The molecule has 0 spiro atoms. The minimum Gasteiger partial charge on any atom is -0.489 e. The summed E-state index contributed by atoms with van der Waals surface area (Å²) in [6, 6.07) is 18.5. The molecule has 6 heteroatoms. The number of aromatic nitrogens is 1. The van der Waals surface area contributed by atoms with Crippen LogP contribution in [-0.4, -0.2) is 17.0 Å². The Morgan fingerprint density at radius 2 is 1.82 bits per heavy atom. The minimum atomic E-state index is -0.231. The van der Waals surface area contributed by atoms with E-state index in [1.165, 1.54) is 0 Å². The number of benzene rings is 2. The van der Waals surface area contributed by atoms with Gasteiger partial charge >= 0.3 is 0 Å². The third kappa shape index (κ3) is 5.47. The number of nitrogens with one attached hydrogen (secondary N) is 2. The van der Waals surface area contributed by atoms with E-state index in [2.05, 4.69) is 15.6 Å². The zero-order valence-corrected chi connectivity index (χ0v) is 16.5. The number of para-hydroxylation sites is 2. The van der Waals surface area contributed by atoms with Crippen molar-refractivity contribution in [3.63, 3.8) is 0 Å². The monoisotopic (exact) mass is 395 g/mol. The molecule has 0 aliphatic rings. The molecule has 0 saturated carbocycles. The van der Waals surface area contributed by atoms with Gasteiger partial charge in [0.25, 0.3) is 5.91 Å². The Kier molecular flexibility index (Phi) is 6.50. The number of amides is 1. The fraction of sp³-hybridized carbons (Fsp3) is 0.182. The number of nitrogens with zero attached hydrogens (tertiary/aromatic N) is 1. The molecule has 28 heavy (non-hydrogen) atoms. The highest BCUT2D eigenvalue weighted by atomic mass is 35.5. The van der Waals surface area contributed by atoms with Crippen LogP contribution in [0.5, 0.6) is 5.75 Å². The Morgan fingerprint density at radius 3 is 2.50 bits per heavy atom. The molecule has 0 aliphatic carbocycles. The van der Waals surface area contributed by atoms with Crippen LogP contribution >= 0.6 is 11.6 Å². The fourth-order valence-electron chi connectivity index (χ4n) is 2.56. The van der Waals surface area contributed by atoms with Gasteiger partial charge in [0.2, 0.25) is 0 Å². The van der Waals surface area contributed by atoms with Gasteiger partial charge in [0.1, 0.15) is 11.4 Å². The summed E-state index contributed by atoms with van der Waals surface area (Å²) < 4.78 is 5.81. The van der Waals surface area contributed by atoms with Gasteiger partial charge in [0.05, 0.1) is 23.7 Å². The number of carbonyl (C=O) groups is 1. The van der Waals surface area contributed by atoms with Gasteiger partial charge in [-0.2, -0.15) is 0 Å². The first kappa shape index (κ1) is 19.7. The molecule has 0 radical (unpaired) electrons. The van der Waals surface area contributed by atoms with Crippen molar-refractivity contribution in [1.82, 2.24) is 10.3 Å². The highest BCUT2D eigenvalue weighted by Crippen LogP contribution is 2.28. The van der Waals surface area contributed by atoms with Crippen molar-refractivity contribution in [3.05, 3.63) is 83.1 Å². The Hall–Kier alpha value is -3.05. The minimum absolute atomic E-state index is 0.0767. The quantitative estimate of drug-likeness (QED) is 0.577. The Bertz CT molecular complexity index is 925. The third-order valence-corrected chi connectivity index (χ3v) is 4.14. The second-order valence-electron chi connectivity index (χ2n) is 6.53. The van der Waals surface area contributed by atoms with Crippen LogP contribution in [-0.2, 0) is 6.54 Å². The molecule has 3 rings (SSSR count). The molecule has 5 nitrogen and oxygen atoms in total. The van der Waals surface area contributed by atoms with Crippen molar-refractivity contribution in [2.75, 3.05) is 5.32 Å². The number of pyridine rings is 1. The number of ether oxygens (including phenoxy) is 1. The van der Waals surface area contributed by atoms with E-state index < -0.39 is 0 Å². The number of carbonyl (C=O) groups excluding carboxylic acids is 1. The normalized spacial score (nSPS) is 10.6. The zero-order chi connectivity index (χ0) is 19.9. The van der Waals surface area contributed by atoms with Crippen molar-refractivity contribution in [2.24, 2.45) is 0 Å². The number of halogens is 1. The lowest BCUT2D eigenvalue weighted by atomic mass is 10.2. The van der Waals surface area contributed by atoms with Crippen molar-refractivity contribution >= 4 is 28.9 Å². The van der Waals surface area contributed by atoms with Gasteiger partial charge in [-0.3, -0.25) is 4.79 Å². The number of hydrogen-bond donors (Lipinski definition) is 2. The second kappa shape index (κ2) is 9.24. The van der Waals surface area contributed by atoms with Crippen LogP contribution < -0.4 is 15.4 Å². The molecule has 1 aromatic heterocycles. The Labute approximate surface area is 169 Å². The van der Waals surface area contributed by atoms with E-state index in [1.807, 2.05) is 56.3 Å². The molecule has 0 aliphatic heterocycles. The van der Waals surface area contributed by atoms with E-state index in [4.69, 9.17) is 16.3 Å². The summed E-state index contributed by atoms with van der Waals surface area (Å²) in [5, 5.41) is 6.79. The summed E-state index contributed by atoms with van der Waals surface area (Å²) in [6.07, 6.45) is 1.70. The lowest BCUT2D eigenvalue weighted by Gasteiger charge is -2.15. The smallest absolute Gasteiger partial charge is 0.270 e. The summed E-state index contributed by atoms with van der Waals surface area (Å²) in [5.74, 6) is 0.535. The molecule has 0 saturated heterocycles. The van der Waals surface area contributed by atoms with Gasteiger partial charge in [-0.25, -0.2) is 4.98 Å². The predicted molar refractivity (Wildman–Crippen MR) is 112 cm³/mol. The average molecular weight is 396 g/mol. The first-order valence-corrected chi connectivity index (χ1v) is 9.40. The van der Waals surface area contributed by atoms with Crippen LogP contribution in [0.15, 0.2) is 66.9 Å². The van der Waals surface area contributed by atoms with Gasteiger partial charge in [0.15, 0.2) is 0 Å². The number of hydrogen-bond acceptors (Lipinski definition) is 4. The van der Waals surface area contributed by atoms with Crippen molar-refractivity contribution in [1.29, 1.82) is 0 Å². The first-order valence-electron chi connectivity index (χ1n) is 9.02. The molecule has 2 aromatic carbocycles. The molecular weight excluding hydrogens is 374 g/mol. The second-order valence-corrected chi connectivity index (χ2v) is 6.97. The Morgan fingerprint density at radius 1 is 1.07 bits per heavy atom. The van der Waals surface area contributed by atoms with E-state index >= 15 is 0 Å². The standard InChI is InChI=1S/C22H22ClN3O2/c1-15(2)28-21-6-4-3-5-19(21)26-18-11-12-20(24-14-18)22(27)25-13-16-7-9-17(23)10-8-16/h3-12,14-15,26H,13H2,1-2H3,(H,25,27). The van der Waals surface area contributed by atoms with E-state index in [0.717, 1.165) is 22.7 Å². The largest absolute Gasteiger partial charge is 0.489 e. The van der Waals surface area contributed by atoms with Gasteiger partial charge in [-0.15, -0.1) is 0 Å². The highest BCUT2D eigenvalue weighted by Gasteiger charge is 2.09. The molecule has 2 N–H and O–H groups in total. The topological polar surface area (TPSA) is 63.2 Å². The maximum absolute atomic E-state index is 12.3. The summed E-state index contributed by atoms with van der Waals surface area (Å²) >= 11 is 5.87. The van der Waals surface area contributed by atoms with Gasteiger partial charge in [-0.05, 0) is 55.8 Å². The highest BCUT2D eigenvalue weighted by molar-refractivity contribution is 6.30. The molecule has 0 unspecified atom stereocenters. The lowest BCUT2D eigenvalue weighted by molar-refractivity contribution is 0.0946. The molecule has 3 aromatic rings. The van der Waals surface area contributed by atoms with Crippen LogP contribution in [0.3, 0.4) is 0 Å². The van der Waals surface area contributed by atoms with Crippen LogP contribution in [0.4, 0.5) is 11.4 Å². The summed E-state index contributed by atoms with van der Waals surface area (Å²) in [4.78, 5) is 16.5. The summed E-state index contributed by atoms with van der Waals surface area (Å²) in [7, 11) is 0. The molecule has 0 bridgehead atoms. The molecular formula is C22H22ClN3O2. The number of rotatable bonds is 7. The zero-order valence-electron chi connectivity index (χ0n) is 15.8. The van der Waals surface area contributed by atoms with Gasteiger partial charge in [-0.1, -0.05) is 35.9 Å². The maximum atomic E-state index is 12.3. The maximum Gasteiger partial charge on any atom is 0.270 e. The summed E-state index contributed by atoms with van der Waals surface area (Å²) in [6.45, 7) is 4.38. The van der Waals surface area contributed by atoms with Gasteiger partial charge < -0.3 is 15.4 Å². The van der Waals surface area contributed by atoms with Crippen LogP contribution in [0.25, 0.3) is 0 Å². The molecule has 1 heterocycles. The molecule has 0 atom stereocenters. The first-order chi connectivity index (χ1) is 13.5. The summed E-state index contributed by atoms with van der Waals surface area (Å²) in [5.41, 5.74) is 2.94. The van der Waals surface area contributed by atoms with E-state index in [9.17, 15) is 4.79 Å². The van der Waals surface area contributed by atoms with Crippen molar-refractivity contribution in [3.8, 4) is 5.75 Å².